The number of rotatable bonds is 6. The third-order valence-corrected chi connectivity index (χ3v) is 4.93. The molecular weight excluding hydrogens is 296 g/mol. The SMILES string of the molecule is C[C@H](C(=O)NCC1CCCCC1)N(C)Cc1ccc(Cl)cc1. The van der Waals surface area contributed by atoms with Crippen molar-refractivity contribution in [3.8, 4) is 0 Å². The molecule has 4 heteroatoms. The molecule has 1 aliphatic carbocycles. The molecule has 122 valence electrons. The molecule has 0 aliphatic heterocycles. The zero-order valence-corrected chi connectivity index (χ0v) is 14.4. The first-order valence-electron chi connectivity index (χ1n) is 8.28. The molecule has 0 spiro atoms. The van der Waals surface area contributed by atoms with Gasteiger partial charge in [-0.3, -0.25) is 9.69 Å². The van der Waals surface area contributed by atoms with Crippen LogP contribution < -0.4 is 5.32 Å². The van der Waals surface area contributed by atoms with Gasteiger partial charge in [0.25, 0.3) is 0 Å². The van der Waals surface area contributed by atoms with Crippen LogP contribution in [0, 0.1) is 5.92 Å². The van der Waals surface area contributed by atoms with E-state index < -0.39 is 0 Å². The van der Waals surface area contributed by atoms with Crippen LogP contribution in [0.25, 0.3) is 0 Å². The number of hydrogen-bond acceptors (Lipinski definition) is 2. The monoisotopic (exact) mass is 322 g/mol. The molecule has 1 aromatic carbocycles. The number of benzene rings is 1. The van der Waals surface area contributed by atoms with E-state index in [1.807, 2.05) is 38.2 Å². The molecule has 3 nitrogen and oxygen atoms in total. The molecule has 0 saturated heterocycles. The van der Waals surface area contributed by atoms with E-state index in [0.29, 0.717) is 5.92 Å². The Morgan fingerprint density at radius 1 is 1.27 bits per heavy atom. The van der Waals surface area contributed by atoms with Crippen LogP contribution in [0.3, 0.4) is 0 Å². The number of nitrogens with one attached hydrogen (secondary N) is 1. The quantitative estimate of drug-likeness (QED) is 0.862. The van der Waals surface area contributed by atoms with Gasteiger partial charge >= 0.3 is 0 Å². The Bertz CT molecular complexity index is 468. The molecule has 0 radical (unpaired) electrons. The van der Waals surface area contributed by atoms with Crippen LogP contribution in [0.2, 0.25) is 5.02 Å². The van der Waals surface area contributed by atoms with E-state index in [4.69, 9.17) is 11.6 Å². The molecule has 1 aromatic rings. The van der Waals surface area contributed by atoms with Gasteiger partial charge in [-0.1, -0.05) is 43.0 Å². The van der Waals surface area contributed by atoms with Gasteiger partial charge in [-0.15, -0.1) is 0 Å². The zero-order valence-electron chi connectivity index (χ0n) is 13.6. The number of nitrogens with zero attached hydrogens (tertiary/aromatic N) is 1. The maximum absolute atomic E-state index is 12.3. The second-order valence-electron chi connectivity index (χ2n) is 6.47. The van der Waals surface area contributed by atoms with Gasteiger partial charge in [0, 0.05) is 18.1 Å². The molecule has 1 atom stereocenters. The van der Waals surface area contributed by atoms with Gasteiger partial charge in [-0.2, -0.15) is 0 Å². The second kappa shape index (κ2) is 8.54. The normalized spacial score (nSPS) is 17.5. The summed E-state index contributed by atoms with van der Waals surface area (Å²) in [5.74, 6) is 0.800. The Morgan fingerprint density at radius 3 is 2.55 bits per heavy atom. The Balaban J connectivity index is 1.77. The van der Waals surface area contributed by atoms with Gasteiger partial charge in [-0.25, -0.2) is 0 Å². The summed E-state index contributed by atoms with van der Waals surface area (Å²) in [5.41, 5.74) is 1.17. The summed E-state index contributed by atoms with van der Waals surface area (Å²) in [7, 11) is 1.99. The summed E-state index contributed by atoms with van der Waals surface area (Å²) in [5, 5.41) is 3.87. The van der Waals surface area contributed by atoms with E-state index in [1.165, 1.54) is 37.7 Å². The van der Waals surface area contributed by atoms with E-state index in [9.17, 15) is 4.79 Å². The van der Waals surface area contributed by atoms with E-state index in [0.717, 1.165) is 18.1 Å². The van der Waals surface area contributed by atoms with Crippen LogP contribution in [0.5, 0.6) is 0 Å². The zero-order chi connectivity index (χ0) is 15.9. The molecule has 0 heterocycles. The Morgan fingerprint density at radius 2 is 1.91 bits per heavy atom. The molecule has 22 heavy (non-hydrogen) atoms. The van der Waals surface area contributed by atoms with Crippen LogP contribution in [0.15, 0.2) is 24.3 Å². The first-order chi connectivity index (χ1) is 10.6. The standard InChI is InChI=1S/C18H27ClN2O/c1-14(18(22)20-12-15-6-4-3-5-7-15)21(2)13-16-8-10-17(19)11-9-16/h8-11,14-15H,3-7,12-13H2,1-2H3,(H,20,22)/t14-/m1/s1. The van der Waals surface area contributed by atoms with E-state index >= 15 is 0 Å². The van der Waals surface area contributed by atoms with Gasteiger partial charge in [0.2, 0.25) is 5.91 Å². The highest BCUT2D eigenvalue weighted by atomic mass is 35.5. The summed E-state index contributed by atoms with van der Waals surface area (Å²) in [6.07, 6.45) is 6.49. The smallest absolute Gasteiger partial charge is 0.237 e. The summed E-state index contributed by atoms with van der Waals surface area (Å²) >= 11 is 5.90. The summed E-state index contributed by atoms with van der Waals surface area (Å²) in [6, 6.07) is 7.66. The third kappa shape index (κ3) is 5.29. The largest absolute Gasteiger partial charge is 0.354 e. The lowest BCUT2D eigenvalue weighted by molar-refractivity contribution is -0.125. The van der Waals surface area contributed by atoms with Crippen LogP contribution in [0.1, 0.15) is 44.6 Å². The molecule has 2 rings (SSSR count). The molecule has 1 aliphatic rings. The maximum Gasteiger partial charge on any atom is 0.237 e. The fourth-order valence-electron chi connectivity index (χ4n) is 3.00. The predicted octanol–water partition coefficient (Wildman–Crippen LogP) is 3.86. The van der Waals surface area contributed by atoms with Crippen molar-refractivity contribution in [2.75, 3.05) is 13.6 Å². The van der Waals surface area contributed by atoms with Gasteiger partial charge < -0.3 is 5.32 Å². The first-order valence-corrected chi connectivity index (χ1v) is 8.66. The van der Waals surface area contributed by atoms with Crippen molar-refractivity contribution in [1.82, 2.24) is 10.2 Å². The highest BCUT2D eigenvalue weighted by Crippen LogP contribution is 2.22. The number of amides is 1. The van der Waals surface area contributed by atoms with Crippen molar-refractivity contribution in [3.05, 3.63) is 34.9 Å². The van der Waals surface area contributed by atoms with Gasteiger partial charge in [0.15, 0.2) is 0 Å². The fraction of sp³-hybridized carbons (Fsp3) is 0.611. The molecule has 0 unspecified atom stereocenters. The summed E-state index contributed by atoms with van der Waals surface area (Å²) < 4.78 is 0. The van der Waals surface area contributed by atoms with Gasteiger partial charge in [0.05, 0.1) is 6.04 Å². The summed E-state index contributed by atoms with van der Waals surface area (Å²) in [6.45, 7) is 3.54. The van der Waals surface area contributed by atoms with Crippen LogP contribution >= 0.6 is 11.6 Å². The number of carbonyl (C=O) groups is 1. The molecular formula is C18H27ClN2O. The van der Waals surface area contributed by atoms with E-state index in [-0.39, 0.29) is 11.9 Å². The van der Waals surface area contributed by atoms with Crippen LogP contribution in [0.4, 0.5) is 0 Å². The number of halogens is 1. The average molecular weight is 323 g/mol. The Labute approximate surface area is 139 Å². The molecule has 1 saturated carbocycles. The van der Waals surface area contributed by atoms with Crippen LogP contribution in [-0.2, 0) is 11.3 Å². The minimum absolute atomic E-state index is 0.126. The number of carbonyl (C=O) groups excluding carboxylic acids is 1. The van der Waals surface area contributed by atoms with Crippen molar-refractivity contribution in [3.63, 3.8) is 0 Å². The van der Waals surface area contributed by atoms with Gasteiger partial charge in [0.1, 0.15) is 0 Å². The minimum atomic E-state index is -0.126. The lowest BCUT2D eigenvalue weighted by Crippen LogP contribution is -2.44. The molecule has 1 fully saturated rings. The Kier molecular flexibility index (Phi) is 6.71. The van der Waals surface area contributed by atoms with Crippen molar-refractivity contribution in [1.29, 1.82) is 0 Å². The third-order valence-electron chi connectivity index (χ3n) is 4.68. The van der Waals surface area contributed by atoms with Crippen molar-refractivity contribution in [2.45, 2.75) is 51.6 Å². The van der Waals surface area contributed by atoms with E-state index in [2.05, 4.69) is 10.2 Å². The molecule has 0 bridgehead atoms. The summed E-state index contributed by atoms with van der Waals surface area (Å²) in [4.78, 5) is 14.4. The molecule has 1 amide bonds. The van der Waals surface area contributed by atoms with Gasteiger partial charge in [-0.05, 0) is 50.4 Å². The average Bonchev–Trinajstić information content (AvgIpc) is 2.55. The lowest BCUT2D eigenvalue weighted by atomic mass is 9.89. The van der Waals surface area contributed by atoms with Crippen molar-refractivity contribution < 1.29 is 4.79 Å². The first kappa shape index (κ1) is 17.3. The minimum Gasteiger partial charge on any atom is -0.354 e. The second-order valence-corrected chi connectivity index (χ2v) is 6.90. The number of hydrogen-bond donors (Lipinski definition) is 1. The highest BCUT2D eigenvalue weighted by molar-refractivity contribution is 6.30. The van der Waals surface area contributed by atoms with E-state index in [1.54, 1.807) is 0 Å². The Hall–Kier alpha value is -1.06. The lowest BCUT2D eigenvalue weighted by Gasteiger charge is -2.26. The van der Waals surface area contributed by atoms with Crippen molar-refractivity contribution >= 4 is 17.5 Å². The predicted molar refractivity (Wildman–Crippen MR) is 92.0 cm³/mol. The molecule has 1 N–H and O–H groups in total. The maximum atomic E-state index is 12.3. The fourth-order valence-corrected chi connectivity index (χ4v) is 3.12. The van der Waals surface area contributed by atoms with Crippen LogP contribution in [-0.4, -0.2) is 30.4 Å². The number of likely N-dealkylation sites (N-methyl/N-ethyl adjacent to an activating group) is 1. The van der Waals surface area contributed by atoms with Crippen molar-refractivity contribution in [2.24, 2.45) is 5.92 Å². The molecule has 0 aromatic heterocycles. The highest BCUT2D eigenvalue weighted by Gasteiger charge is 2.20. The topological polar surface area (TPSA) is 32.3 Å².